The summed E-state index contributed by atoms with van der Waals surface area (Å²) < 4.78 is 13.4. The summed E-state index contributed by atoms with van der Waals surface area (Å²) in [5.41, 5.74) is 4.43. The van der Waals surface area contributed by atoms with Crippen LogP contribution in [0, 0.1) is 28.6 Å². The largest absolute Gasteiger partial charge is 0.414 e. The summed E-state index contributed by atoms with van der Waals surface area (Å²) in [6, 6.07) is 10.4. The number of hydrogen-bond acceptors (Lipinski definition) is 4. The van der Waals surface area contributed by atoms with Gasteiger partial charge in [0.1, 0.15) is 6.61 Å². The highest BCUT2D eigenvalue weighted by atomic mass is 28.4. The van der Waals surface area contributed by atoms with Crippen LogP contribution >= 0.6 is 0 Å². The number of benzene rings is 1. The van der Waals surface area contributed by atoms with Crippen molar-refractivity contribution in [2.45, 2.75) is 117 Å². The zero-order valence-electron chi connectivity index (χ0n) is 25.2. The summed E-state index contributed by atoms with van der Waals surface area (Å²) in [7, 11) is -3.26. The molecule has 38 heavy (non-hydrogen) atoms. The van der Waals surface area contributed by atoms with Crippen molar-refractivity contribution >= 4 is 22.3 Å². The van der Waals surface area contributed by atoms with Gasteiger partial charge < -0.3 is 13.7 Å². The van der Waals surface area contributed by atoms with Gasteiger partial charge >= 0.3 is 0 Å². The molecule has 2 unspecified atom stereocenters. The summed E-state index contributed by atoms with van der Waals surface area (Å²) in [5, 5.41) is 4.91. The smallest absolute Gasteiger partial charge is 0.184 e. The summed E-state index contributed by atoms with van der Waals surface area (Å²) in [4.78, 5) is 6.06. The van der Waals surface area contributed by atoms with Gasteiger partial charge in [0.25, 0.3) is 0 Å². The monoisotopic (exact) mass is 553 g/mol. The molecule has 3 saturated carbocycles. The Kier molecular flexibility index (Phi) is 7.69. The molecule has 4 nitrogen and oxygen atoms in total. The molecule has 5 rings (SSSR count). The Bertz CT molecular complexity index is 1060. The maximum absolute atomic E-state index is 6.84. The third-order valence-corrected chi connectivity index (χ3v) is 12.1. The van der Waals surface area contributed by atoms with Crippen LogP contribution in [-0.4, -0.2) is 34.6 Å². The second kappa shape index (κ2) is 10.3. The Hall–Kier alpha value is -1.22. The topological polar surface area (TPSA) is 40.0 Å². The van der Waals surface area contributed by atoms with E-state index in [0.29, 0.717) is 30.0 Å². The maximum atomic E-state index is 6.84. The summed E-state index contributed by atoms with van der Waals surface area (Å²) in [6.07, 6.45) is 11.5. The third-order valence-electron chi connectivity index (χ3n) is 10.1. The van der Waals surface area contributed by atoms with E-state index >= 15 is 0 Å². The molecule has 4 aliphatic carbocycles. The Labute approximate surface area is 233 Å². The van der Waals surface area contributed by atoms with E-state index in [9.17, 15) is 0 Å². The Morgan fingerprint density at radius 1 is 0.868 bits per heavy atom. The van der Waals surface area contributed by atoms with Crippen molar-refractivity contribution in [2.75, 3.05) is 0 Å². The minimum Gasteiger partial charge on any atom is -0.414 e. The first-order valence-electron chi connectivity index (χ1n) is 15.1. The minimum absolute atomic E-state index is 0.0576. The van der Waals surface area contributed by atoms with Crippen LogP contribution in [0.5, 0.6) is 0 Å². The molecule has 1 aromatic rings. The van der Waals surface area contributed by atoms with Crippen LogP contribution in [0.2, 0.25) is 39.3 Å². The molecule has 7 atom stereocenters. The van der Waals surface area contributed by atoms with E-state index in [1.165, 1.54) is 37.8 Å². The Balaban J connectivity index is 1.39. The molecule has 0 aromatic heterocycles. The molecule has 0 saturated heterocycles. The summed E-state index contributed by atoms with van der Waals surface area (Å²) >= 11 is 0. The van der Waals surface area contributed by atoms with Gasteiger partial charge in [0.05, 0.1) is 11.8 Å². The third kappa shape index (κ3) is 5.66. The Morgan fingerprint density at radius 3 is 2.24 bits per heavy atom. The molecule has 1 aromatic carbocycles. The zero-order valence-corrected chi connectivity index (χ0v) is 27.2. The normalized spacial score (nSPS) is 38.3. The SMILES string of the molecule is C[C@]12CCC(O[Si](C)(C)C)CC1=CC[C@@H]1[C@@H]2CC[C@]2(C)/C(=N/OCc3ccccc3)C(O[Si](C)(C)C)C[C@@H]12. The predicted molar refractivity (Wildman–Crippen MR) is 162 cm³/mol. The standard InChI is InChI=1S/C32H51NO3Si2/c1-31-18-16-25(35-37(3,4)5)20-24(31)14-15-26-27(31)17-19-32(2)28(26)21-29(36-38(6,7)8)30(32)33-34-22-23-12-10-9-11-13-23/h9-14,25-29H,15-22H2,1-8H3/b33-30+/t25?,26-,27+,28+,29?,31+,32+/m1/s1. The predicted octanol–water partition coefficient (Wildman–Crippen LogP) is 8.57. The number of fused-ring (bicyclic) bond motifs is 5. The van der Waals surface area contributed by atoms with Gasteiger partial charge in [-0.2, -0.15) is 0 Å². The number of oxime groups is 1. The maximum Gasteiger partial charge on any atom is 0.184 e. The van der Waals surface area contributed by atoms with Gasteiger partial charge in [-0.25, -0.2) is 0 Å². The van der Waals surface area contributed by atoms with E-state index < -0.39 is 16.6 Å². The summed E-state index contributed by atoms with van der Waals surface area (Å²) in [5.74, 6) is 2.06. The van der Waals surface area contributed by atoms with E-state index in [1.54, 1.807) is 5.57 Å². The van der Waals surface area contributed by atoms with Crippen LogP contribution < -0.4 is 0 Å². The van der Waals surface area contributed by atoms with Gasteiger partial charge in [-0.3, -0.25) is 0 Å². The van der Waals surface area contributed by atoms with Crippen LogP contribution in [0.4, 0.5) is 0 Å². The molecule has 0 bridgehead atoms. The van der Waals surface area contributed by atoms with Crippen molar-refractivity contribution in [3.05, 3.63) is 47.5 Å². The van der Waals surface area contributed by atoms with Crippen LogP contribution in [0.3, 0.4) is 0 Å². The first kappa shape index (κ1) is 28.3. The molecular formula is C32H51NO3Si2. The average molecular weight is 554 g/mol. The van der Waals surface area contributed by atoms with Crippen molar-refractivity contribution in [2.24, 2.45) is 33.7 Å². The van der Waals surface area contributed by atoms with Crippen molar-refractivity contribution < 1.29 is 13.7 Å². The first-order valence-corrected chi connectivity index (χ1v) is 21.9. The van der Waals surface area contributed by atoms with E-state index in [0.717, 1.165) is 24.3 Å². The molecule has 0 spiro atoms. The molecular weight excluding hydrogens is 503 g/mol. The fourth-order valence-corrected chi connectivity index (χ4v) is 10.7. The zero-order chi connectivity index (χ0) is 27.3. The lowest BCUT2D eigenvalue weighted by atomic mass is 9.48. The summed E-state index contributed by atoms with van der Waals surface area (Å²) in [6.45, 7) is 19.5. The highest BCUT2D eigenvalue weighted by Crippen LogP contribution is 2.64. The van der Waals surface area contributed by atoms with E-state index in [1.807, 2.05) is 6.07 Å². The molecule has 3 fully saturated rings. The van der Waals surface area contributed by atoms with Gasteiger partial charge in [-0.1, -0.05) is 61.0 Å². The number of rotatable bonds is 7. The number of allylic oxidation sites excluding steroid dienone is 1. The fourth-order valence-electron chi connectivity index (χ4n) is 8.46. The number of hydrogen-bond donors (Lipinski definition) is 0. The molecule has 0 radical (unpaired) electrons. The molecule has 0 aliphatic heterocycles. The number of nitrogens with zero attached hydrogens (tertiary/aromatic N) is 1. The lowest BCUT2D eigenvalue weighted by Gasteiger charge is -2.57. The highest BCUT2D eigenvalue weighted by molar-refractivity contribution is 6.70. The second-order valence-corrected chi connectivity index (χ2v) is 23.9. The Morgan fingerprint density at radius 2 is 1.55 bits per heavy atom. The molecule has 4 aliphatic rings. The minimum atomic E-state index is -1.74. The van der Waals surface area contributed by atoms with Gasteiger partial charge in [0.15, 0.2) is 16.6 Å². The van der Waals surface area contributed by atoms with Crippen molar-refractivity contribution in [1.29, 1.82) is 0 Å². The van der Waals surface area contributed by atoms with E-state index in [2.05, 4.69) is 83.5 Å². The van der Waals surface area contributed by atoms with Crippen LogP contribution in [0.15, 0.2) is 47.1 Å². The molecule has 0 N–H and O–H groups in total. The van der Waals surface area contributed by atoms with Crippen LogP contribution in [-0.2, 0) is 20.3 Å². The van der Waals surface area contributed by atoms with Gasteiger partial charge in [0, 0.05) is 11.5 Å². The van der Waals surface area contributed by atoms with Gasteiger partial charge in [0.2, 0.25) is 0 Å². The van der Waals surface area contributed by atoms with Gasteiger partial charge in [-0.15, -0.1) is 0 Å². The van der Waals surface area contributed by atoms with Crippen LogP contribution in [0.25, 0.3) is 0 Å². The quantitative estimate of drug-likeness (QED) is 0.193. The van der Waals surface area contributed by atoms with E-state index in [4.69, 9.17) is 18.8 Å². The molecule has 210 valence electrons. The van der Waals surface area contributed by atoms with Crippen molar-refractivity contribution in [3.8, 4) is 0 Å². The van der Waals surface area contributed by atoms with Crippen molar-refractivity contribution in [1.82, 2.24) is 0 Å². The second-order valence-electron chi connectivity index (χ2n) is 15.0. The average Bonchev–Trinajstić information content (AvgIpc) is 3.09. The fraction of sp³-hybridized carbons (Fsp3) is 0.719. The molecule has 0 heterocycles. The van der Waals surface area contributed by atoms with E-state index in [-0.39, 0.29) is 11.5 Å². The lowest BCUT2D eigenvalue weighted by molar-refractivity contribution is -0.0217. The van der Waals surface area contributed by atoms with Gasteiger partial charge in [-0.05, 0) is 113 Å². The van der Waals surface area contributed by atoms with Crippen molar-refractivity contribution in [3.63, 3.8) is 0 Å². The molecule has 0 amide bonds. The lowest BCUT2D eigenvalue weighted by Crippen LogP contribution is -2.51. The molecule has 6 heteroatoms. The van der Waals surface area contributed by atoms with Crippen LogP contribution in [0.1, 0.15) is 64.4 Å². The first-order chi connectivity index (χ1) is 17.8. The highest BCUT2D eigenvalue weighted by Gasteiger charge is 2.61.